The minimum atomic E-state index is -0.112. The minimum absolute atomic E-state index is 0.112. The number of likely N-dealkylation sites (N-methyl/N-ethyl adjacent to an activating group) is 1. The fraction of sp³-hybridized carbons (Fsp3) is 0.316. The zero-order chi connectivity index (χ0) is 15.4. The molecule has 2 aromatic carbocycles. The Kier molecular flexibility index (Phi) is 4.54. The van der Waals surface area contributed by atoms with Crippen molar-refractivity contribution in [2.24, 2.45) is 0 Å². The summed E-state index contributed by atoms with van der Waals surface area (Å²) in [5, 5.41) is 3.38. The van der Waals surface area contributed by atoms with Crippen molar-refractivity contribution >= 4 is 5.91 Å². The van der Waals surface area contributed by atoms with Crippen LogP contribution in [0.25, 0.3) is 0 Å². The maximum Gasteiger partial charge on any atom is 0.240 e. The Morgan fingerprint density at radius 2 is 1.77 bits per heavy atom. The predicted molar refractivity (Wildman–Crippen MR) is 88.3 cm³/mol. The van der Waals surface area contributed by atoms with Gasteiger partial charge in [0.25, 0.3) is 0 Å². The third-order valence-electron chi connectivity index (χ3n) is 4.29. The van der Waals surface area contributed by atoms with E-state index < -0.39 is 0 Å². The maximum absolute atomic E-state index is 12.8. The van der Waals surface area contributed by atoms with E-state index in [0.29, 0.717) is 6.54 Å². The third-order valence-corrected chi connectivity index (χ3v) is 4.29. The number of hydrogen-bond donors (Lipinski definition) is 1. The molecule has 0 fully saturated rings. The van der Waals surface area contributed by atoms with Crippen LogP contribution in [0.4, 0.5) is 0 Å². The molecule has 3 heteroatoms. The summed E-state index contributed by atoms with van der Waals surface area (Å²) in [6.07, 6.45) is 0.778. The summed E-state index contributed by atoms with van der Waals surface area (Å²) in [6, 6.07) is 18.4. The van der Waals surface area contributed by atoms with Crippen molar-refractivity contribution < 1.29 is 4.79 Å². The van der Waals surface area contributed by atoms with E-state index in [1.165, 1.54) is 16.7 Å². The molecule has 0 saturated carbocycles. The molecule has 1 aliphatic rings. The van der Waals surface area contributed by atoms with Gasteiger partial charge in [-0.05, 0) is 30.0 Å². The molecule has 22 heavy (non-hydrogen) atoms. The lowest BCUT2D eigenvalue weighted by atomic mass is 9.95. The Hall–Kier alpha value is -2.13. The van der Waals surface area contributed by atoms with E-state index in [-0.39, 0.29) is 11.9 Å². The third kappa shape index (κ3) is 3.20. The van der Waals surface area contributed by atoms with Gasteiger partial charge in [-0.1, -0.05) is 54.6 Å². The van der Waals surface area contributed by atoms with Gasteiger partial charge in [-0.25, -0.2) is 0 Å². The Labute approximate surface area is 132 Å². The first-order valence-electron chi connectivity index (χ1n) is 7.91. The van der Waals surface area contributed by atoms with E-state index in [1.54, 1.807) is 0 Å². The fourth-order valence-electron chi connectivity index (χ4n) is 3.00. The zero-order valence-electron chi connectivity index (χ0n) is 13.0. The van der Waals surface area contributed by atoms with Crippen LogP contribution in [-0.4, -0.2) is 23.4 Å². The van der Waals surface area contributed by atoms with Crippen LogP contribution in [0.3, 0.4) is 0 Å². The molecule has 0 aromatic heterocycles. The second-order valence-corrected chi connectivity index (χ2v) is 5.74. The Bertz CT molecular complexity index is 635. The number of nitrogens with zero attached hydrogens (tertiary/aromatic N) is 1. The lowest BCUT2D eigenvalue weighted by Gasteiger charge is -2.30. The normalized spacial score (nSPS) is 16.9. The molecule has 1 N–H and O–H groups in total. The van der Waals surface area contributed by atoms with Crippen molar-refractivity contribution in [3.05, 3.63) is 71.3 Å². The summed E-state index contributed by atoms with van der Waals surface area (Å²) in [7, 11) is 0. The molecule has 2 aromatic rings. The van der Waals surface area contributed by atoms with Crippen molar-refractivity contribution in [3.8, 4) is 0 Å². The Morgan fingerprint density at radius 3 is 2.50 bits per heavy atom. The van der Waals surface area contributed by atoms with Crippen LogP contribution >= 0.6 is 0 Å². The molecule has 0 saturated heterocycles. The van der Waals surface area contributed by atoms with Gasteiger partial charge in [0.1, 0.15) is 0 Å². The fourth-order valence-corrected chi connectivity index (χ4v) is 3.00. The maximum atomic E-state index is 12.8. The van der Waals surface area contributed by atoms with Crippen molar-refractivity contribution in [2.75, 3.05) is 6.54 Å². The molecule has 0 aliphatic carbocycles. The van der Waals surface area contributed by atoms with E-state index in [2.05, 4.69) is 35.6 Å². The van der Waals surface area contributed by atoms with Crippen LogP contribution in [0, 0.1) is 0 Å². The highest BCUT2D eigenvalue weighted by Gasteiger charge is 2.27. The van der Waals surface area contributed by atoms with Gasteiger partial charge in [-0.2, -0.15) is 0 Å². The molecule has 3 rings (SSSR count). The van der Waals surface area contributed by atoms with Crippen molar-refractivity contribution in [2.45, 2.75) is 32.5 Å². The summed E-state index contributed by atoms with van der Waals surface area (Å²) >= 11 is 0. The molecule has 114 valence electrons. The van der Waals surface area contributed by atoms with Gasteiger partial charge in [0.15, 0.2) is 0 Å². The largest absolute Gasteiger partial charge is 0.337 e. The topological polar surface area (TPSA) is 32.3 Å². The quantitative estimate of drug-likeness (QED) is 0.940. The first kappa shape index (κ1) is 14.8. The number of nitrogens with one attached hydrogen (secondary N) is 1. The van der Waals surface area contributed by atoms with Crippen LogP contribution in [0.5, 0.6) is 0 Å². The molecule has 1 heterocycles. The summed E-state index contributed by atoms with van der Waals surface area (Å²) < 4.78 is 0. The van der Waals surface area contributed by atoms with Crippen molar-refractivity contribution in [1.29, 1.82) is 0 Å². The summed E-state index contributed by atoms with van der Waals surface area (Å²) in [6.45, 7) is 4.22. The zero-order valence-corrected chi connectivity index (χ0v) is 13.0. The molecule has 0 spiro atoms. The standard InChI is InChI=1S/C19H22N2O/c1-2-21(14-15-8-4-3-5-9-15)19(22)18-12-16-10-6-7-11-17(16)13-20-18/h3-11,18,20H,2,12-14H2,1H3. The van der Waals surface area contributed by atoms with Crippen LogP contribution in [0.1, 0.15) is 23.6 Å². The summed E-state index contributed by atoms with van der Waals surface area (Å²) in [4.78, 5) is 14.7. The number of amides is 1. The van der Waals surface area contributed by atoms with E-state index in [1.807, 2.05) is 36.1 Å². The van der Waals surface area contributed by atoms with Crippen molar-refractivity contribution in [1.82, 2.24) is 10.2 Å². The van der Waals surface area contributed by atoms with E-state index in [9.17, 15) is 4.79 Å². The second kappa shape index (κ2) is 6.75. The number of benzene rings is 2. The monoisotopic (exact) mass is 294 g/mol. The lowest BCUT2D eigenvalue weighted by Crippen LogP contribution is -2.49. The highest BCUT2D eigenvalue weighted by molar-refractivity contribution is 5.82. The van der Waals surface area contributed by atoms with Gasteiger partial charge in [-0.3, -0.25) is 4.79 Å². The summed E-state index contributed by atoms with van der Waals surface area (Å²) in [5.41, 5.74) is 3.77. The Balaban J connectivity index is 1.70. The number of carbonyl (C=O) groups is 1. The molecular formula is C19H22N2O. The molecule has 0 radical (unpaired) electrons. The van der Waals surface area contributed by atoms with E-state index in [4.69, 9.17) is 0 Å². The molecule has 1 unspecified atom stereocenters. The smallest absolute Gasteiger partial charge is 0.240 e. The first-order chi connectivity index (χ1) is 10.8. The van der Waals surface area contributed by atoms with Crippen LogP contribution in [-0.2, 0) is 24.3 Å². The van der Waals surface area contributed by atoms with E-state index in [0.717, 1.165) is 19.5 Å². The number of carbonyl (C=O) groups excluding carboxylic acids is 1. The highest BCUT2D eigenvalue weighted by atomic mass is 16.2. The van der Waals surface area contributed by atoms with Gasteiger partial charge < -0.3 is 10.2 Å². The molecule has 0 bridgehead atoms. The highest BCUT2D eigenvalue weighted by Crippen LogP contribution is 2.18. The second-order valence-electron chi connectivity index (χ2n) is 5.74. The molecular weight excluding hydrogens is 272 g/mol. The average Bonchev–Trinajstić information content (AvgIpc) is 2.59. The van der Waals surface area contributed by atoms with Crippen LogP contribution in [0.15, 0.2) is 54.6 Å². The number of fused-ring (bicyclic) bond motifs is 1. The SMILES string of the molecule is CCN(Cc1ccccc1)C(=O)C1Cc2ccccc2CN1. The number of hydrogen-bond acceptors (Lipinski definition) is 2. The molecule has 3 nitrogen and oxygen atoms in total. The lowest BCUT2D eigenvalue weighted by molar-refractivity contribution is -0.134. The van der Waals surface area contributed by atoms with Crippen LogP contribution < -0.4 is 5.32 Å². The molecule has 1 atom stereocenters. The van der Waals surface area contributed by atoms with E-state index >= 15 is 0 Å². The van der Waals surface area contributed by atoms with Gasteiger partial charge in [-0.15, -0.1) is 0 Å². The predicted octanol–water partition coefficient (Wildman–Crippen LogP) is 2.75. The first-order valence-corrected chi connectivity index (χ1v) is 7.91. The molecule has 1 amide bonds. The van der Waals surface area contributed by atoms with Gasteiger partial charge in [0, 0.05) is 19.6 Å². The van der Waals surface area contributed by atoms with Gasteiger partial charge in [0.2, 0.25) is 5.91 Å². The molecule has 1 aliphatic heterocycles. The average molecular weight is 294 g/mol. The van der Waals surface area contributed by atoms with Crippen molar-refractivity contribution in [3.63, 3.8) is 0 Å². The minimum Gasteiger partial charge on any atom is -0.337 e. The summed E-state index contributed by atoms with van der Waals surface area (Å²) in [5.74, 6) is 0.195. The Morgan fingerprint density at radius 1 is 1.09 bits per heavy atom. The van der Waals surface area contributed by atoms with Crippen LogP contribution in [0.2, 0.25) is 0 Å². The number of rotatable bonds is 4. The van der Waals surface area contributed by atoms with Gasteiger partial charge in [0.05, 0.1) is 6.04 Å². The van der Waals surface area contributed by atoms with Gasteiger partial charge >= 0.3 is 0 Å².